The number of aryl methyl sites for hydroxylation is 1. The highest BCUT2D eigenvalue weighted by atomic mass is 16.3. The Bertz CT molecular complexity index is 1050. The Hall–Kier alpha value is -2.94. The highest BCUT2D eigenvalue weighted by Gasteiger charge is 2.17. The smallest absolute Gasteiger partial charge is 0.163 e. The summed E-state index contributed by atoms with van der Waals surface area (Å²) >= 11 is 0. The van der Waals surface area contributed by atoms with E-state index in [1.807, 2.05) is 55.5 Å². The number of pyridine rings is 1. The molecule has 0 atom stereocenters. The third-order valence-corrected chi connectivity index (χ3v) is 4.06. The molecule has 0 fully saturated rings. The molecule has 0 saturated heterocycles. The van der Waals surface area contributed by atoms with Crippen LogP contribution < -0.4 is 0 Å². The lowest BCUT2D eigenvalue weighted by atomic mass is 10.0. The summed E-state index contributed by atoms with van der Waals surface area (Å²) in [7, 11) is 0. The Labute approximate surface area is 133 Å². The maximum Gasteiger partial charge on any atom is 0.163 e. The molecule has 0 N–H and O–H groups in total. The van der Waals surface area contributed by atoms with Gasteiger partial charge in [-0.1, -0.05) is 30.3 Å². The summed E-state index contributed by atoms with van der Waals surface area (Å²) in [5.74, 6) is -0.000910. The summed E-state index contributed by atoms with van der Waals surface area (Å²) in [4.78, 5) is 16.5. The van der Waals surface area contributed by atoms with Crippen molar-refractivity contribution in [3.05, 3.63) is 65.9 Å². The van der Waals surface area contributed by atoms with E-state index in [9.17, 15) is 4.79 Å². The van der Waals surface area contributed by atoms with Gasteiger partial charge >= 0.3 is 0 Å². The SMILES string of the molecule is CC(=O)c1cc(C)cc2c1oc1c(-c3ccccc3)ccnc12. The van der Waals surface area contributed by atoms with Crippen LogP contribution in [0, 0.1) is 6.92 Å². The van der Waals surface area contributed by atoms with Crippen LogP contribution in [0.2, 0.25) is 0 Å². The Morgan fingerprint density at radius 3 is 2.57 bits per heavy atom. The van der Waals surface area contributed by atoms with E-state index in [-0.39, 0.29) is 5.78 Å². The van der Waals surface area contributed by atoms with Crippen LogP contribution in [0.4, 0.5) is 0 Å². The molecule has 0 bridgehead atoms. The highest BCUT2D eigenvalue weighted by Crippen LogP contribution is 2.36. The fourth-order valence-electron chi connectivity index (χ4n) is 3.01. The van der Waals surface area contributed by atoms with Crippen LogP contribution in [0.1, 0.15) is 22.8 Å². The molecular formula is C20H15NO2. The molecule has 0 unspecified atom stereocenters. The third-order valence-electron chi connectivity index (χ3n) is 4.06. The van der Waals surface area contributed by atoms with Gasteiger partial charge < -0.3 is 4.42 Å². The van der Waals surface area contributed by atoms with Crippen molar-refractivity contribution in [1.82, 2.24) is 4.98 Å². The number of aromatic nitrogens is 1. The van der Waals surface area contributed by atoms with Gasteiger partial charge in [-0.25, -0.2) is 0 Å². The minimum absolute atomic E-state index is 0.000910. The molecule has 0 spiro atoms. The molecule has 2 heterocycles. The molecule has 0 radical (unpaired) electrons. The first-order chi connectivity index (χ1) is 11.1. The molecule has 2 aromatic heterocycles. The van der Waals surface area contributed by atoms with Crippen molar-refractivity contribution in [2.24, 2.45) is 0 Å². The number of hydrogen-bond acceptors (Lipinski definition) is 3. The van der Waals surface area contributed by atoms with E-state index in [4.69, 9.17) is 4.42 Å². The van der Waals surface area contributed by atoms with Gasteiger partial charge in [-0.15, -0.1) is 0 Å². The largest absolute Gasteiger partial charge is 0.453 e. The van der Waals surface area contributed by atoms with Crippen LogP contribution >= 0.6 is 0 Å². The van der Waals surface area contributed by atoms with Crippen molar-refractivity contribution in [2.75, 3.05) is 0 Å². The second-order valence-corrected chi connectivity index (χ2v) is 5.75. The Balaban J connectivity index is 2.14. The van der Waals surface area contributed by atoms with E-state index in [1.54, 1.807) is 13.1 Å². The van der Waals surface area contributed by atoms with E-state index < -0.39 is 0 Å². The van der Waals surface area contributed by atoms with Crippen molar-refractivity contribution in [2.45, 2.75) is 13.8 Å². The molecule has 3 nitrogen and oxygen atoms in total. The Kier molecular flexibility index (Phi) is 3.01. The summed E-state index contributed by atoms with van der Waals surface area (Å²) in [5, 5.41) is 0.892. The Morgan fingerprint density at radius 2 is 1.83 bits per heavy atom. The molecule has 23 heavy (non-hydrogen) atoms. The zero-order chi connectivity index (χ0) is 16.0. The molecule has 0 saturated carbocycles. The fraction of sp³-hybridized carbons (Fsp3) is 0.100. The predicted molar refractivity (Wildman–Crippen MR) is 91.7 cm³/mol. The molecule has 112 valence electrons. The first-order valence-corrected chi connectivity index (χ1v) is 7.53. The molecule has 0 amide bonds. The van der Waals surface area contributed by atoms with E-state index in [0.717, 1.165) is 33.2 Å². The number of carbonyl (C=O) groups excluding carboxylic acids is 1. The minimum atomic E-state index is -0.000910. The van der Waals surface area contributed by atoms with Crippen molar-refractivity contribution < 1.29 is 9.21 Å². The third kappa shape index (κ3) is 2.13. The van der Waals surface area contributed by atoms with Crippen LogP contribution in [0.15, 0.2) is 59.1 Å². The maximum absolute atomic E-state index is 12.0. The lowest BCUT2D eigenvalue weighted by Crippen LogP contribution is -1.93. The van der Waals surface area contributed by atoms with Crippen LogP contribution in [-0.2, 0) is 0 Å². The van der Waals surface area contributed by atoms with Crippen molar-refractivity contribution in [1.29, 1.82) is 0 Å². The first kappa shape index (κ1) is 13.7. The molecule has 3 heteroatoms. The molecule has 4 aromatic rings. The molecule has 0 aliphatic carbocycles. The monoisotopic (exact) mass is 301 g/mol. The number of hydrogen-bond donors (Lipinski definition) is 0. The summed E-state index contributed by atoms with van der Waals surface area (Å²) in [5.41, 5.74) is 5.83. The van der Waals surface area contributed by atoms with Gasteiger partial charge in [0.1, 0.15) is 11.1 Å². The number of fused-ring (bicyclic) bond motifs is 3. The minimum Gasteiger partial charge on any atom is -0.453 e. The zero-order valence-electron chi connectivity index (χ0n) is 13.0. The molecule has 0 aliphatic rings. The maximum atomic E-state index is 12.0. The van der Waals surface area contributed by atoms with Gasteiger partial charge in [0.15, 0.2) is 11.4 Å². The van der Waals surface area contributed by atoms with Gasteiger partial charge in [-0.2, -0.15) is 0 Å². The van der Waals surface area contributed by atoms with E-state index in [0.29, 0.717) is 11.1 Å². The van der Waals surface area contributed by atoms with Crippen molar-refractivity contribution in [3.63, 3.8) is 0 Å². The number of rotatable bonds is 2. The summed E-state index contributed by atoms with van der Waals surface area (Å²) in [6.45, 7) is 3.54. The van der Waals surface area contributed by atoms with Gasteiger partial charge in [0.25, 0.3) is 0 Å². The van der Waals surface area contributed by atoms with E-state index >= 15 is 0 Å². The number of ketones is 1. The second kappa shape index (κ2) is 5.06. The zero-order valence-corrected chi connectivity index (χ0v) is 13.0. The van der Waals surface area contributed by atoms with Crippen molar-refractivity contribution >= 4 is 27.9 Å². The van der Waals surface area contributed by atoms with Gasteiger partial charge in [0.05, 0.1) is 5.56 Å². The number of Topliss-reactive ketones (excluding diaryl/α,β-unsaturated/α-hetero) is 1. The van der Waals surface area contributed by atoms with Crippen LogP contribution in [0.5, 0.6) is 0 Å². The highest BCUT2D eigenvalue weighted by molar-refractivity contribution is 6.14. The predicted octanol–water partition coefficient (Wildman–Crippen LogP) is 5.16. The normalized spacial score (nSPS) is 11.2. The number of benzene rings is 2. The first-order valence-electron chi connectivity index (χ1n) is 7.53. The second-order valence-electron chi connectivity index (χ2n) is 5.75. The topological polar surface area (TPSA) is 43.1 Å². The molecule has 2 aromatic carbocycles. The van der Waals surface area contributed by atoms with E-state index in [1.165, 1.54) is 0 Å². The molecular weight excluding hydrogens is 286 g/mol. The van der Waals surface area contributed by atoms with Crippen molar-refractivity contribution in [3.8, 4) is 11.1 Å². The fourth-order valence-corrected chi connectivity index (χ4v) is 3.01. The van der Waals surface area contributed by atoms with Crippen LogP contribution in [-0.4, -0.2) is 10.8 Å². The molecule has 0 aliphatic heterocycles. The Morgan fingerprint density at radius 1 is 1.04 bits per heavy atom. The quantitative estimate of drug-likeness (QED) is 0.480. The van der Waals surface area contributed by atoms with E-state index in [2.05, 4.69) is 4.98 Å². The summed E-state index contributed by atoms with van der Waals surface area (Å²) in [6, 6.07) is 15.9. The average molecular weight is 301 g/mol. The molecule has 4 rings (SSSR count). The lowest BCUT2D eigenvalue weighted by molar-refractivity contribution is 0.101. The van der Waals surface area contributed by atoms with Crippen LogP contribution in [0.3, 0.4) is 0 Å². The number of nitrogens with zero attached hydrogens (tertiary/aromatic N) is 1. The standard InChI is InChI=1S/C20H15NO2/c1-12-10-16(13(2)22)19-17(11-12)18-20(23-19)15(8-9-21-18)14-6-4-3-5-7-14/h3-11H,1-2H3. The summed E-state index contributed by atoms with van der Waals surface area (Å²) in [6.07, 6.45) is 1.79. The summed E-state index contributed by atoms with van der Waals surface area (Å²) < 4.78 is 6.10. The van der Waals surface area contributed by atoms with Gasteiger partial charge in [-0.05, 0) is 43.2 Å². The lowest BCUT2D eigenvalue weighted by Gasteiger charge is -2.01. The number of carbonyl (C=O) groups is 1. The van der Waals surface area contributed by atoms with Gasteiger partial charge in [-0.3, -0.25) is 9.78 Å². The van der Waals surface area contributed by atoms with Crippen LogP contribution in [0.25, 0.3) is 33.2 Å². The average Bonchev–Trinajstić information content (AvgIpc) is 2.93. The van der Waals surface area contributed by atoms with Gasteiger partial charge in [0.2, 0.25) is 0 Å². The van der Waals surface area contributed by atoms with Gasteiger partial charge in [0, 0.05) is 17.1 Å². The number of furan rings is 1.